The number of ether oxygens (including phenoxy) is 1. The Morgan fingerprint density at radius 1 is 1.20 bits per heavy atom. The Hall–Kier alpha value is -0.120. The number of rotatable bonds is 5. The van der Waals surface area contributed by atoms with Gasteiger partial charge in [0.15, 0.2) is 0 Å². The molecule has 0 aromatic heterocycles. The molecule has 0 amide bonds. The highest BCUT2D eigenvalue weighted by Crippen LogP contribution is 2.40. The van der Waals surface area contributed by atoms with Crippen LogP contribution >= 0.6 is 0 Å². The molecule has 3 nitrogen and oxygen atoms in total. The van der Waals surface area contributed by atoms with E-state index in [1.165, 1.54) is 32.1 Å². The van der Waals surface area contributed by atoms with Gasteiger partial charge in [-0.2, -0.15) is 0 Å². The van der Waals surface area contributed by atoms with Crippen LogP contribution in [0.4, 0.5) is 0 Å². The highest BCUT2D eigenvalue weighted by atomic mass is 16.5. The fourth-order valence-electron chi connectivity index (χ4n) is 4.46. The zero-order chi connectivity index (χ0) is 14.6. The van der Waals surface area contributed by atoms with E-state index in [0.29, 0.717) is 0 Å². The zero-order valence-corrected chi connectivity index (χ0v) is 13.8. The molecule has 1 saturated heterocycles. The van der Waals surface area contributed by atoms with Gasteiger partial charge in [-0.3, -0.25) is 4.90 Å². The van der Waals surface area contributed by atoms with E-state index >= 15 is 0 Å². The maximum absolute atomic E-state index is 6.30. The first-order valence-corrected chi connectivity index (χ1v) is 8.70. The molecule has 3 heteroatoms. The second-order valence-corrected chi connectivity index (χ2v) is 7.09. The lowest BCUT2D eigenvalue weighted by atomic mass is 9.76. The average Bonchev–Trinajstić information content (AvgIpc) is 2.49. The average molecular weight is 282 g/mol. The van der Waals surface area contributed by atoms with Gasteiger partial charge in [0, 0.05) is 24.7 Å². The lowest BCUT2D eigenvalue weighted by molar-refractivity contribution is -0.138. The number of nitrogens with two attached hydrogens (primary N) is 1. The van der Waals surface area contributed by atoms with E-state index < -0.39 is 0 Å². The van der Waals surface area contributed by atoms with Crippen LogP contribution in [0.5, 0.6) is 0 Å². The predicted molar refractivity (Wildman–Crippen MR) is 84.9 cm³/mol. The van der Waals surface area contributed by atoms with Gasteiger partial charge >= 0.3 is 0 Å². The molecule has 1 aliphatic heterocycles. The summed E-state index contributed by atoms with van der Waals surface area (Å²) in [5, 5.41) is 0. The lowest BCUT2D eigenvalue weighted by Gasteiger charge is -2.54. The van der Waals surface area contributed by atoms with Crippen LogP contribution in [0.1, 0.15) is 72.1 Å². The summed E-state index contributed by atoms with van der Waals surface area (Å²) in [6, 6.07) is 0.747. The molecule has 2 atom stereocenters. The number of hydrogen-bond acceptors (Lipinski definition) is 3. The molecule has 0 radical (unpaired) electrons. The second-order valence-electron chi connectivity index (χ2n) is 7.09. The zero-order valence-electron chi connectivity index (χ0n) is 13.8. The fraction of sp³-hybridized carbons (Fsp3) is 1.00. The van der Waals surface area contributed by atoms with Crippen molar-refractivity contribution >= 4 is 0 Å². The summed E-state index contributed by atoms with van der Waals surface area (Å²) in [6.07, 6.45) is 10.2. The highest BCUT2D eigenvalue weighted by molar-refractivity contribution is 5.02. The Labute approximate surface area is 125 Å². The molecule has 1 heterocycles. The van der Waals surface area contributed by atoms with Crippen molar-refractivity contribution in [1.82, 2.24) is 4.90 Å². The maximum Gasteiger partial charge on any atom is 0.0670 e. The maximum atomic E-state index is 6.30. The Kier molecular flexibility index (Phi) is 5.49. The Morgan fingerprint density at radius 2 is 1.90 bits per heavy atom. The van der Waals surface area contributed by atoms with Crippen LogP contribution in [0.3, 0.4) is 0 Å². The van der Waals surface area contributed by atoms with Gasteiger partial charge in [-0.25, -0.2) is 0 Å². The summed E-state index contributed by atoms with van der Waals surface area (Å²) < 4.78 is 6.07. The van der Waals surface area contributed by atoms with Gasteiger partial charge in [0.25, 0.3) is 0 Å². The topological polar surface area (TPSA) is 38.5 Å². The standard InChI is InChI=1S/C17H34N2O/c1-4-16(3)13-17(14-18,11-12-20-16)19(5-2)15-9-7-6-8-10-15/h15H,4-14,18H2,1-3H3. The molecule has 20 heavy (non-hydrogen) atoms. The molecule has 2 fully saturated rings. The first-order valence-electron chi connectivity index (χ1n) is 8.70. The minimum atomic E-state index is 0.0136. The quantitative estimate of drug-likeness (QED) is 0.840. The van der Waals surface area contributed by atoms with Crippen molar-refractivity contribution in [1.29, 1.82) is 0 Å². The fourth-order valence-corrected chi connectivity index (χ4v) is 4.46. The van der Waals surface area contributed by atoms with E-state index in [1.807, 2.05) is 0 Å². The third kappa shape index (κ3) is 3.20. The van der Waals surface area contributed by atoms with Crippen molar-refractivity contribution in [3.8, 4) is 0 Å². The minimum Gasteiger partial charge on any atom is -0.375 e. The molecule has 1 saturated carbocycles. The third-order valence-corrected chi connectivity index (χ3v) is 5.81. The molecule has 2 aliphatic rings. The van der Waals surface area contributed by atoms with Crippen molar-refractivity contribution in [2.24, 2.45) is 5.73 Å². The molecular weight excluding hydrogens is 248 g/mol. The Morgan fingerprint density at radius 3 is 2.45 bits per heavy atom. The molecule has 2 rings (SSSR count). The van der Waals surface area contributed by atoms with E-state index in [4.69, 9.17) is 10.5 Å². The van der Waals surface area contributed by atoms with Crippen molar-refractivity contribution in [3.05, 3.63) is 0 Å². The molecule has 0 spiro atoms. The van der Waals surface area contributed by atoms with Crippen molar-refractivity contribution in [2.45, 2.75) is 89.3 Å². The van der Waals surface area contributed by atoms with Crippen molar-refractivity contribution in [3.63, 3.8) is 0 Å². The molecule has 1 aliphatic carbocycles. The van der Waals surface area contributed by atoms with Crippen LogP contribution in [-0.4, -0.2) is 41.8 Å². The van der Waals surface area contributed by atoms with E-state index in [2.05, 4.69) is 25.7 Å². The molecule has 0 bridgehead atoms. The Balaban J connectivity index is 2.18. The van der Waals surface area contributed by atoms with E-state index in [0.717, 1.165) is 45.0 Å². The molecule has 0 aromatic rings. The summed E-state index contributed by atoms with van der Waals surface area (Å²) >= 11 is 0. The predicted octanol–water partition coefficient (Wildman–Crippen LogP) is 3.32. The van der Waals surface area contributed by atoms with Gasteiger partial charge in [-0.05, 0) is 45.6 Å². The van der Waals surface area contributed by atoms with Gasteiger partial charge < -0.3 is 10.5 Å². The summed E-state index contributed by atoms with van der Waals surface area (Å²) in [6.45, 7) is 9.59. The van der Waals surface area contributed by atoms with Crippen LogP contribution in [0.25, 0.3) is 0 Å². The summed E-state index contributed by atoms with van der Waals surface area (Å²) in [4.78, 5) is 2.75. The largest absolute Gasteiger partial charge is 0.375 e. The summed E-state index contributed by atoms with van der Waals surface area (Å²) in [5.74, 6) is 0. The first kappa shape index (κ1) is 16.3. The monoisotopic (exact) mass is 282 g/mol. The number of hydrogen-bond donors (Lipinski definition) is 1. The van der Waals surface area contributed by atoms with Gasteiger partial charge in [0.2, 0.25) is 0 Å². The smallest absolute Gasteiger partial charge is 0.0670 e. The normalized spacial score (nSPS) is 36.5. The van der Waals surface area contributed by atoms with Crippen LogP contribution in [-0.2, 0) is 4.74 Å². The van der Waals surface area contributed by atoms with Crippen LogP contribution in [0.2, 0.25) is 0 Å². The Bertz CT molecular complexity index is 303. The number of nitrogens with zero attached hydrogens (tertiary/aromatic N) is 1. The second kappa shape index (κ2) is 6.76. The van der Waals surface area contributed by atoms with Gasteiger partial charge in [0.1, 0.15) is 0 Å². The van der Waals surface area contributed by atoms with Crippen LogP contribution in [0, 0.1) is 0 Å². The number of likely N-dealkylation sites (N-methyl/N-ethyl adjacent to an activating group) is 1. The van der Waals surface area contributed by atoms with Crippen molar-refractivity contribution in [2.75, 3.05) is 19.7 Å². The van der Waals surface area contributed by atoms with Gasteiger partial charge in [0.05, 0.1) is 5.60 Å². The minimum absolute atomic E-state index is 0.0136. The molecule has 0 aromatic carbocycles. The highest BCUT2D eigenvalue weighted by Gasteiger charge is 2.46. The van der Waals surface area contributed by atoms with Crippen molar-refractivity contribution < 1.29 is 4.74 Å². The van der Waals surface area contributed by atoms with Crippen LogP contribution in [0.15, 0.2) is 0 Å². The van der Waals surface area contributed by atoms with Gasteiger partial charge in [-0.15, -0.1) is 0 Å². The van der Waals surface area contributed by atoms with E-state index in [9.17, 15) is 0 Å². The molecule has 2 N–H and O–H groups in total. The molecule has 118 valence electrons. The third-order valence-electron chi connectivity index (χ3n) is 5.81. The van der Waals surface area contributed by atoms with Gasteiger partial charge in [-0.1, -0.05) is 33.1 Å². The SMILES string of the molecule is CCN(C1CCCCC1)C1(CN)CCOC(C)(CC)C1. The molecule has 2 unspecified atom stereocenters. The van der Waals surface area contributed by atoms with Crippen LogP contribution < -0.4 is 5.73 Å². The van der Waals surface area contributed by atoms with E-state index in [1.54, 1.807) is 0 Å². The summed E-state index contributed by atoms with van der Waals surface area (Å²) in [5.41, 5.74) is 6.48. The molecular formula is C17H34N2O. The van der Waals surface area contributed by atoms with E-state index in [-0.39, 0.29) is 11.1 Å². The lowest BCUT2D eigenvalue weighted by Crippen LogP contribution is -2.63. The summed E-state index contributed by atoms with van der Waals surface area (Å²) in [7, 11) is 0. The first-order chi connectivity index (χ1) is 9.59.